The zero-order chi connectivity index (χ0) is 13.0. The minimum absolute atomic E-state index is 0.559. The number of likely N-dealkylation sites (N-methyl/N-ethyl adjacent to an activating group) is 1. The molecule has 4 heteroatoms. The van der Waals surface area contributed by atoms with Gasteiger partial charge in [0.05, 0.1) is 0 Å². The minimum Gasteiger partial charge on any atom is -0.358 e. The molecule has 1 saturated heterocycles. The van der Waals surface area contributed by atoms with Gasteiger partial charge in [0.25, 0.3) is 0 Å². The van der Waals surface area contributed by atoms with E-state index >= 15 is 0 Å². The number of rotatable bonds is 5. The first-order valence-corrected chi connectivity index (χ1v) is 6.80. The molecule has 1 aliphatic heterocycles. The van der Waals surface area contributed by atoms with Gasteiger partial charge >= 0.3 is 0 Å². The molecule has 0 bridgehead atoms. The Morgan fingerprint density at radius 3 is 2.78 bits per heavy atom. The molecular weight excluding hydrogens is 224 g/mol. The normalized spacial score (nSPS) is 16.2. The second-order valence-corrected chi connectivity index (χ2v) is 5.10. The molecular formula is C14H24N4. The van der Waals surface area contributed by atoms with E-state index in [1.165, 1.54) is 37.1 Å². The highest BCUT2D eigenvalue weighted by molar-refractivity contribution is 5.49. The lowest BCUT2D eigenvalue weighted by molar-refractivity contribution is 0.346. The number of aromatic nitrogens is 1. The van der Waals surface area contributed by atoms with Gasteiger partial charge in [-0.3, -0.25) is 0 Å². The Bertz CT molecular complexity index is 385. The molecule has 100 valence electrons. The van der Waals surface area contributed by atoms with Crippen molar-refractivity contribution in [3.63, 3.8) is 0 Å². The van der Waals surface area contributed by atoms with E-state index in [0.717, 1.165) is 18.9 Å². The van der Waals surface area contributed by atoms with E-state index in [1.807, 2.05) is 12.3 Å². The van der Waals surface area contributed by atoms with Crippen LogP contribution in [0.3, 0.4) is 0 Å². The monoisotopic (exact) mass is 248 g/mol. The summed E-state index contributed by atoms with van der Waals surface area (Å²) in [7, 11) is 2.11. The van der Waals surface area contributed by atoms with Crippen LogP contribution in [0.2, 0.25) is 0 Å². The maximum absolute atomic E-state index is 5.83. The Labute approximate surface area is 110 Å². The van der Waals surface area contributed by atoms with Crippen LogP contribution in [0.15, 0.2) is 12.3 Å². The molecule has 0 saturated carbocycles. The number of hydrogen-bond acceptors (Lipinski definition) is 4. The van der Waals surface area contributed by atoms with Crippen LogP contribution in [0.5, 0.6) is 0 Å². The van der Waals surface area contributed by atoms with Crippen LogP contribution in [0.25, 0.3) is 0 Å². The van der Waals surface area contributed by atoms with Crippen molar-refractivity contribution in [2.24, 2.45) is 5.73 Å². The Morgan fingerprint density at radius 2 is 2.11 bits per heavy atom. The third-order valence-corrected chi connectivity index (χ3v) is 3.78. The number of nitrogens with zero attached hydrogens (tertiary/aromatic N) is 3. The third-order valence-electron chi connectivity index (χ3n) is 3.78. The van der Waals surface area contributed by atoms with Gasteiger partial charge in [-0.15, -0.1) is 0 Å². The molecule has 0 radical (unpaired) electrons. The fourth-order valence-electron chi connectivity index (χ4n) is 2.56. The number of pyridine rings is 1. The maximum atomic E-state index is 5.83. The molecule has 1 aromatic heterocycles. The minimum atomic E-state index is 0.559. The highest BCUT2D eigenvalue weighted by Crippen LogP contribution is 2.19. The van der Waals surface area contributed by atoms with Crippen LogP contribution < -0.4 is 10.6 Å². The number of likely N-dealkylation sites (tertiary alicyclic amines) is 1. The predicted molar refractivity (Wildman–Crippen MR) is 75.8 cm³/mol. The largest absolute Gasteiger partial charge is 0.358 e. The van der Waals surface area contributed by atoms with Gasteiger partial charge in [0.2, 0.25) is 0 Å². The zero-order valence-corrected chi connectivity index (χ0v) is 11.5. The van der Waals surface area contributed by atoms with Gasteiger partial charge in [-0.2, -0.15) is 0 Å². The van der Waals surface area contributed by atoms with E-state index in [4.69, 9.17) is 5.73 Å². The summed E-state index contributed by atoms with van der Waals surface area (Å²) < 4.78 is 0. The smallest absolute Gasteiger partial charge is 0.133 e. The number of anilines is 1. The van der Waals surface area contributed by atoms with Crippen molar-refractivity contribution >= 4 is 5.82 Å². The highest BCUT2D eigenvalue weighted by atomic mass is 15.2. The summed E-state index contributed by atoms with van der Waals surface area (Å²) in [4.78, 5) is 9.23. The molecule has 0 amide bonds. The van der Waals surface area contributed by atoms with E-state index in [9.17, 15) is 0 Å². The molecule has 0 spiro atoms. The average molecular weight is 248 g/mol. The second-order valence-electron chi connectivity index (χ2n) is 5.10. The summed E-state index contributed by atoms with van der Waals surface area (Å²) >= 11 is 0. The lowest BCUT2D eigenvalue weighted by Gasteiger charge is -2.24. The van der Waals surface area contributed by atoms with Gasteiger partial charge < -0.3 is 15.5 Å². The summed E-state index contributed by atoms with van der Waals surface area (Å²) in [5.74, 6) is 1.04. The van der Waals surface area contributed by atoms with Crippen molar-refractivity contribution in [3.05, 3.63) is 23.4 Å². The Balaban J connectivity index is 1.99. The number of nitrogens with two attached hydrogens (primary N) is 1. The summed E-state index contributed by atoms with van der Waals surface area (Å²) in [6.45, 7) is 7.29. The van der Waals surface area contributed by atoms with Gasteiger partial charge in [-0.25, -0.2) is 4.98 Å². The van der Waals surface area contributed by atoms with E-state index in [1.54, 1.807) is 0 Å². The lowest BCUT2D eigenvalue weighted by atomic mass is 10.1. The maximum Gasteiger partial charge on any atom is 0.133 e. The molecule has 0 unspecified atom stereocenters. The second kappa shape index (κ2) is 6.16. The summed E-state index contributed by atoms with van der Waals surface area (Å²) in [6.07, 6.45) is 4.57. The molecule has 2 heterocycles. The van der Waals surface area contributed by atoms with Crippen molar-refractivity contribution in [2.45, 2.75) is 26.3 Å². The number of aryl methyl sites for hydroxylation is 1. The van der Waals surface area contributed by atoms with Crippen LogP contribution >= 0.6 is 0 Å². The van der Waals surface area contributed by atoms with Gasteiger partial charge in [-0.05, 0) is 44.5 Å². The Hall–Kier alpha value is -1.13. The summed E-state index contributed by atoms with van der Waals surface area (Å²) in [5, 5.41) is 0. The molecule has 0 aliphatic carbocycles. The molecule has 0 atom stereocenters. The lowest BCUT2D eigenvalue weighted by Crippen LogP contribution is -2.32. The van der Waals surface area contributed by atoms with Crippen molar-refractivity contribution in [3.8, 4) is 0 Å². The van der Waals surface area contributed by atoms with E-state index in [0.29, 0.717) is 6.54 Å². The van der Waals surface area contributed by atoms with Crippen LogP contribution in [-0.2, 0) is 6.54 Å². The molecule has 4 nitrogen and oxygen atoms in total. The summed E-state index contributed by atoms with van der Waals surface area (Å²) in [6, 6.07) is 2.03. The van der Waals surface area contributed by atoms with E-state index in [-0.39, 0.29) is 0 Å². The van der Waals surface area contributed by atoms with E-state index < -0.39 is 0 Å². The van der Waals surface area contributed by atoms with Crippen molar-refractivity contribution in [1.82, 2.24) is 9.88 Å². The zero-order valence-electron chi connectivity index (χ0n) is 11.5. The first-order chi connectivity index (χ1) is 8.72. The molecule has 2 N–H and O–H groups in total. The van der Waals surface area contributed by atoms with Gasteiger partial charge in [-0.1, -0.05) is 0 Å². The third kappa shape index (κ3) is 3.00. The quantitative estimate of drug-likeness (QED) is 0.855. The van der Waals surface area contributed by atoms with Crippen molar-refractivity contribution in [2.75, 3.05) is 38.1 Å². The Morgan fingerprint density at radius 1 is 1.39 bits per heavy atom. The van der Waals surface area contributed by atoms with Crippen LogP contribution in [0, 0.1) is 6.92 Å². The molecule has 18 heavy (non-hydrogen) atoms. The molecule has 0 aromatic carbocycles. The standard InChI is InChI=1S/C14H24N4/c1-12-5-6-16-14(13(12)11-15)17(2)9-10-18-7-3-4-8-18/h5-6H,3-4,7-11,15H2,1-2H3. The van der Waals surface area contributed by atoms with Crippen LogP contribution in [-0.4, -0.2) is 43.1 Å². The van der Waals surface area contributed by atoms with Gasteiger partial charge in [0.1, 0.15) is 5.82 Å². The van der Waals surface area contributed by atoms with Crippen molar-refractivity contribution < 1.29 is 0 Å². The SMILES string of the molecule is Cc1ccnc(N(C)CCN2CCCC2)c1CN. The average Bonchev–Trinajstić information content (AvgIpc) is 2.88. The molecule has 1 aromatic rings. The van der Waals surface area contributed by atoms with E-state index in [2.05, 4.69) is 28.8 Å². The van der Waals surface area contributed by atoms with Crippen LogP contribution in [0.4, 0.5) is 5.82 Å². The topological polar surface area (TPSA) is 45.4 Å². The van der Waals surface area contributed by atoms with Crippen LogP contribution in [0.1, 0.15) is 24.0 Å². The highest BCUT2D eigenvalue weighted by Gasteiger charge is 2.14. The van der Waals surface area contributed by atoms with Crippen molar-refractivity contribution in [1.29, 1.82) is 0 Å². The van der Waals surface area contributed by atoms with Gasteiger partial charge in [0.15, 0.2) is 0 Å². The Kier molecular flexibility index (Phi) is 4.55. The first kappa shape index (κ1) is 13.3. The number of hydrogen-bond donors (Lipinski definition) is 1. The first-order valence-electron chi connectivity index (χ1n) is 6.80. The predicted octanol–water partition coefficient (Wildman–Crippen LogP) is 1.38. The molecule has 1 fully saturated rings. The fraction of sp³-hybridized carbons (Fsp3) is 0.643. The van der Waals surface area contributed by atoms with Gasteiger partial charge in [0, 0.05) is 38.4 Å². The molecule has 2 rings (SSSR count). The summed E-state index contributed by atoms with van der Waals surface area (Å²) in [5.41, 5.74) is 8.23. The fourth-order valence-corrected chi connectivity index (χ4v) is 2.56. The molecule has 1 aliphatic rings.